The van der Waals surface area contributed by atoms with Crippen molar-refractivity contribution in [3.05, 3.63) is 34.1 Å². The van der Waals surface area contributed by atoms with E-state index in [1.807, 2.05) is 0 Å². The van der Waals surface area contributed by atoms with Gasteiger partial charge in [0, 0.05) is 11.0 Å². The molecule has 0 fully saturated rings. The van der Waals surface area contributed by atoms with Crippen molar-refractivity contribution in [2.75, 3.05) is 0 Å². The molecular weight excluding hydrogens is 269 g/mol. The number of hydrazine groups is 1. The van der Waals surface area contributed by atoms with E-state index in [-0.39, 0.29) is 5.82 Å². The van der Waals surface area contributed by atoms with E-state index in [0.717, 1.165) is 10.0 Å². The summed E-state index contributed by atoms with van der Waals surface area (Å²) < 4.78 is 13.7. The fraction of sp³-hybridized carbons (Fsp3) is 0.125. The molecule has 3 nitrogen and oxygen atoms in total. The van der Waals surface area contributed by atoms with E-state index in [1.54, 1.807) is 6.07 Å². The number of nitrogens with two attached hydrogens (primary N) is 1. The summed E-state index contributed by atoms with van der Waals surface area (Å²) in [6.07, 6.45) is 0. The van der Waals surface area contributed by atoms with Gasteiger partial charge in [0.1, 0.15) is 5.82 Å². The maximum absolute atomic E-state index is 12.8. The molecule has 0 aliphatic rings. The molecule has 0 aliphatic carbocycles. The molecule has 0 atom stereocenters. The SMILES string of the molecule is NNC(=S)NCc1cc(F)ccc1Br. The number of rotatable bonds is 2. The van der Waals surface area contributed by atoms with Gasteiger partial charge in [-0.1, -0.05) is 15.9 Å². The number of halogens is 2. The van der Waals surface area contributed by atoms with Crippen LogP contribution >= 0.6 is 28.1 Å². The van der Waals surface area contributed by atoms with Gasteiger partial charge in [0.2, 0.25) is 0 Å². The quantitative estimate of drug-likeness (QED) is 0.435. The van der Waals surface area contributed by atoms with Crippen molar-refractivity contribution in [1.29, 1.82) is 0 Å². The molecule has 4 N–H and O–H groups in total. The minimum atomic E-state index is -0.281. The monoisotopic (exact) mass is 277 g/mol. The Labute approximate surface area is 95.0 Å². The Morgan fingerprint density at radius 1 is 1.57 bits per heavy atom. The van der Waals surface area contributed by atoms with Gasteiger partial charge in [0.15, 0.2) is 5.11 Å². The zero-order valence-electron chi connectivity index (χ0n) is 7.18. The second-order valence-corrected chi connectivity index (χ2v) is 3.83. The first-order chi connectivity index (χ1) is 6.63. The molecule has 14 heavy (non-hydrogen) atoms. The van der Waals surface area contributed by atoms with Crippen molar-refractivity contribution >= 4 is 33.3 Å². The lowest BCUT2D eigenvalue weighted by Crippen LogP contribution is -2.39. The smallest absolute Gasteiger partial charge is 0.180 e. The molecule has 0 amide bonds. The third kappa shape index (κ3) is 3.21. The fourth-order valence-electron chi connectivity index (χ4n) is 0.905. The number of hydrogen-bond acceptors (Lipinski definition) is 2. The molecule has 1 aromatic carbocycles. The molecule has 0 bridgehead atoms. The number of thiocarbonyl (C=S) groups is 1. The van der Waals surface area contributed by atoms with Crippen LogP contribution in [-0.2, 0) is 6.54 Å². The predicted octanol–water partition coefficient (Wildman–Crippen LogP) is 1.43. The molecule has 6 heteroatoms. The van der Waals surface area contributed by atoms with Crippen LogP contribution in [-0.4, -0.2) is 5.11 Å². The standard InChI is InChI=1S/C8H9BrFN3S/c9-7-2-1-6(10)3-5(7)4-12-8(14)13-11/h1-3H,4,11H2,(H2,12,13,14). The fourth-order valence-corrected chi connectivity index (χ4v) is 1.36. The van der Waals surface area contributed by atoms with Crippen LogP contribution in [0.1, 0.15) is 5.56 Å². The number of hydrogen-bond donors (Lipinski definition) is 3. The minimum absolute atomic E-state index is 0.281. The lowest BCUT2D eigenvalue weighted by atomic mass is 10.2. The van der Waals surface area contributed by atoms with Crippen molar-refractivity contribution in [2.45, 2.75) is 6.54 Å². The summed E-state index contributed by atoms with van der Waals surface area (Å²) in [7, 11) is 0. The molecule has 1 aromatic rings. The summed E-state index contributed by atoms with van der Waals surface area (Å²) in [5, 5.41) is 3.14. The molecule has 76 valence electrons. The lowest BCUT2D eigenvalue weighted by molar-refractivity contribution is 0.624. The van der Waals surface area contributed by atoms with Crippen molar-refractivity contribution in [2.24, 2.45) is 5.84 Å². The van der Waals surface area contributed by atoms with E-state index < -0.39 is 0 Å². The van der Waals surface area contributed by atoms with Crippen LogP contribution in [0, 0.1) is 5.82 Å². The molecular formula is C8H9BrFN3S. The van der Waals surface area contributed by atoms with E-state index in [9.17, 15) is 4.39 Å². The summed E-state index contributed by atoms with van der Waals surface area (Å²) in [6.45, 7) is 0.418. The van der Waals surface area contributed by atoms with Crippen molar-refractivity contribution < 1.29 is 4.39 Å². The second-order valence-electron chi connectivity index (χ2n) is 2.56. The molecule has 0 radical (unpaired) electrons. The van der Waals surface area contributed by atoms with Crippen LogP contribution in [0.5, 0.6) is 0 Å². The zero-order chi connectivity index (χ0) is 10.6. The highest BCUT2D eigenvalue weighted by molar-refractivity contribution is 9.10. The molecule has 1 rings (SSSR count). The maximum Gasteiger partial charge on any atom is 0.180 e. The van der Waals surface area contributed by atoms with Gasteiger partial charge in [0.05, 0.1) is 0 Å². The second kappa shape index (κ2) is 5.23. The summed E-state index contributed by atoms with van der Waals surface area (Å²) in [5.41, 5.74) is 3.06. The Bertz CT molecular complexity index is 345. The maximum atomic E-state index is 12.8. The highest BCUT2D eigenvalue weighted by Crippen LogP contribution is 2.17. The summed E-state index contributed by atoms with van der Waals surface area (Å²) >= 11 is 8.08. The zero-order valence-corrected chi connectivity index (χ0v) is 9.58. The largest absolute Gasteiger partial charge is 0.358 e. The average molecular weight is 278 g/mol. The highest BCUT2D eigenvalue weighted by atomic mass is 79.9. The normalized spacial score (nSPS) is 9.64. The van der Waals surface area contributed by atoms with Crippen molar-refractivity contribution in [3.63, 3.8) is 0 Å². The van der Waals surface area contributed by atoms with E-state index in [2.05, 4.69) is 26.7 Å². The number of nitrogens with one attached hydrogen (secondary N) is 2. The first kappa shape index (κ1) is 11.4. The van der Waals surface area contributed by atoms with Crippen LogP contribution in [0.15, 0.2) is 22.7 Å². The van der Waals surface area contributed by atoms with E-state index in [1.165, 1.54) is 12.1 Å². The molecule has 0 spiro atoms. The summed E-state index contributed by atoms with van der Waals surface area (Å²) in [5.74, 6) is 4.78. The van der Waals surface area contributed by atoms with Crippen LogP contribution < -0.4 is 16.6 Å². The molecule has 0 aliphatic heterocycles. The molecule has 0 unspecified atom stereocenters. The van der Waals surface area contributed by atoms with E-state index in [4.69, 9.17) is 18.1 Å². The van der Waals surface area contributed by atoms with Gasteiger partial charge >= 0.3 is 0 Å². The summed E-state index contributed by atoms with van der Waals surface area (Å²) in [6, 6.07) is 4.45. The Morgan fingerprint density at radius 2 is 2.29 bits per heavy atom. The Kier molecular flexibility index (Phi) is 4.24. The third-order valence-electron chi connectivity index (χ3n) is 1.58. The van der Waals surface area contributed by atoms with Gasteiger partial charge < -0.3 is 10.7 Å². The molecule has 0 saturated heterocycles. The Hall–Kier alpha value is -0.720. The lowest BCUT2D eigenvalue weighted by Gasteiger charge is -2.08. The van der Waals surface area contributed by atoms with Gasteiger partial charge in [-0.15, -0.1) is 0 Å². The first-order valence-corrected chi connectivity index (χ1v) is 5.02. The number of benzene rings is 1. The highest BCUT2D eigenvalue weighted by Gasteiger charge is 2.01. The van der Waals surface area contributed by atoms with Crippen LogP contribution in [0.3, 0.4) is 0 Å². The summed E-state index contributed by atoms with van der Waals surface area (Å²) in [4.78, 5) is 0. The van der Waals surface area contributed by atoms with Gasteiger partial charge in [0.25, 0.3) is 0 Å². The first-order valence-electron chi connectivity index (χ1n) is 3.82. The molecule has 0 saturated carbocycles. The Balaban J connectivity index is 2.66. The van der Waals surface area contributed by atoms with Crippen LogP contribution in [0.4, 0.5) is 4.39 Å². The van der Waals surface area contributed by atoms with E-state index >= 15 is 0 Å². The van der Waals surface area contributed by atoms with Crippen molar-refractivity contribution in [1.82, 2.24) is 10.7 Å². The van der Waals surface area contributed by atoms with Crippen LogP contribution in [0.2, 0.25) is 0 Å². The van der Waals surface area contributed by atoms with Gasteiger partial charge in [-0.05, 0) is 36.0 Å². The van der Waals surface area contributed by atoms with Gasteiger partial charge in [-0.2, -0.15) is 0 Å². The van der Waals surface area contributed by atoms with Crippen molar-refractivity contribution in [3.8, 4) is 0 Å². The third-order valence-corrected chi connectivity index (χ3v) is 2.61. The molecule has 0 aromatic heterocycles. The van der Waals surface area contributed by atoms with Gasteiger partial charge in [-0.25, -0.2) is 10.2 Å². The van der Waals surface area contributed by atoms with E-state index in [0.29, 0.717) is 11.7 Å². The van der Waals surface area contributed by atoms with Crippen LogP contribution in [0.25, 0.3) is 0 Å². The minimum Gasteiger partial charge on any atom is -0.358 e. The van der Waals surface area contributed by atoms with Gasteiger partial charge in [-0.3, -0.25) is 0 Å². The predicted molar refractivity (Wildman–Crippen MR) is 60.9 cm³/mol. The average Bonchev–Trinajstić information content (AvgIpc) is 2.19. The molecule has 0 heterocycles. The topological polar surface area (TPSA) is 50.1 Å². The Morgan fingerprint density at radius 3 is 2.93 bits per heavy atom.